The second-order valence-corrected chi connectivity index (χ2v) is 2.82. The van der Waals surface area contributed by atoms with Crippen LogP contribution in [0, 0.1) is 5.92 Å². The highest BCUT2D eigenvalue weighted by Gasteiger charge is 2.02. The summed E-state index contributed by atoms with van der Waals surface area (Å²) in [6, 6.07) is 0. The topological polar surface area (TPSA) is 64.3 Å². The van der Waals surface area contributed by atoms with Crippen LogP contribution < -0.4 is 11.2 Å². The van der Waals surface area contributed by atoms with E-state index in [1.165, 1.54) is 0 Å². The Bertz CT molecular complexity index is 115. The summed E-state index contributed by atoms with van der Waals surface area (Å²) >= 11 is 0. The molecule has 3 N–H and O–H groups in total. The molecule has 0 unspecified atom stereocenters. The van der Waals surface area contributed by atoms with Gasteiger partial charge in [0.15, 0.2) is 0 Å². The number of carbonyl (C=O) groups is 1. The zero-order valence-electron chi connectivity index (χ0n) is 7.09. The third kappa shape index (κ3) is 7.29. The van der Waals surface area contributed by atoms with Gasteiger partial charge in [-0.1, -0.05) is 13.8 Å². The molecule has 0 aromatic rings. The van der Waals surface area contributed by atoms with Gasteiger partial charge in [0, 0.05) is 13.0 Å². The first-order valence-corrected chi connectivity index (χ1v) is 3.75. The summed E-state index contributed by atoms with van der Waals surface area (Å²) < 4.78 is 0. The van der Waals surface area contributed by atoms with Crippen LogP contribution in [0.3, 0.4) is 0 Å². The zero-order valence-corrected chi connectivity index (χ0v) is 7.09. The van der Waals surface area contributed by atoms with Crippen molar-refractivity contribution in [1.29, 1.82) is 0 Å². The SMILES string of the molecule is CC(C)CC(=O)NCCON. The Morgan fingerprint density at radius 1 is 1.64 bits per heavy atom. The number of hydrogen-bond acceptors (Lipinski definition) is 3. The van der Waals surface area contributed by atoms with Gasteiger partial charge in [0.25, 0.3) is 0 Å². The van der Waals surface area contributed by atoms with Crippen LogP contribution in [0.25, 0.3) is 0 Å². The van der Waals surface area contributed by atoms with Gasteiger partial charge in [0.2, 0.25) is 5.91 Å². The highest BCUT2D eigenvalue weighted by molar-refractivity contribution is 5.75. The molecule has 0 fully saturated rings. The second kappa shape index (κ2) is 6.12. The number of nitrogens with two attached hydrogens (primary N) is 1. The molecule has 0 aromatic heterocycles. The van der Waals surface area contributed by atoms with Crippen LogP contribution in [0.2, 0.25) is 0 Å². The molecule has 0 aliphatic rings. The number of nitrogens with one attached hydrogen (secondary N) is 1. The molecule has 1 amide bonds. The van der Waals surface area contributed by atoms with Crippen molar-refractivity contribution in [3.63, 3.8) is 0 Å². The van der Waals surface area contributed by atoms with Crippen molar-refractivity contribution in [2.24, 2.45) is 11.8 Å². The van der Waals surface area contributed by atoms with Gasteiger partial charge in [0.05, 0.1) is 6.61 Å². The van der Waals surface area contributed by atoms with E-state index in [-0.39, 0.29) is 5.91 Å². The molecule has 4 nitrogen and oxygen atoms in total. The van der Waals surface area contributed by atoms with E-state index >= 15 is 0 Å². The molecule has 0 rings (SSSR count). The van der Waals surface area contributed by atoms with Crippen molar-refractivity contribution >= 4 is 5.91 Å². The molecule has 0 aliphatic heterocycles. The van der Waals surface area contributed by atoms with Crippen molar-refractivity contribution < 1.29 is 9.63 Å². The quantitative estimate of drug-likeness (QED) is 0.441. The van der Waals surface area contributed by atoms with Crippen LogP contribution in [0.5, 0.6) is 0 Å². The number of amides is 1. The van der Waals surface area contributed by atoms with Gasteiger partial charge in [-0.2, -0.15) is 0 Å². The Kier molecular flexibility index (Phi) is 5.78. The lowest BCUT2D eigenvalue weighted by molar-refractivity contribution is -0.122. The van der Waals surface area contributed by atoms with Gasteiger partial charge in [0.1, 0.15) is 0 Å². The molecule has 0 atom stereocenters. The van der Waals surface area contributed by atoms with Crippen molar-refractivity contribution in [2.75, 3.05) is 13.2 Å². The summed E-state index contributed by atoms with van der Waals surface area (Å²) in [5.41, 5.74) is 0. The molecule has 11 heavy (non-hydrogen) atoms. The van der Waals surface area contributed by atoms with Crippen LogP contribution in [0.4, 0.5) is 0 Å². The van der Waals surface area contributed by atoms with E-state index in [9.17, 15) is 4.79 Å². The fourth-order valence-electron chi connectivity index (χ4n) is 0.692. The molecule has 4 heteroatoms. The maximum absolute atomic E-state index is 10.9. The first kappa shape index (κ1) is 10.4. The third-order valence-electron chi connectivity index (χ3n) is 1.14. The zero-order chi connectivity index (χ0) is 8.69. The maximum atomic E-state index is 10.9. The van der Waals surface area contributed by atoms with Crippen LogP contribution in [-0.4, -0.2) is 19.1 Å². The predicted molar refractivity (Wildman–Crippen MR) is 42.6 cm³/mol. The summed E-state index contributed by atoms with van der Waals surface area (Å²) in [7, 11) is 0. The van der Waals surface area contributed by atoms with E-state index in [4.69, 9.17) is 5.90 Å². The molecule has 0 saturated heterocycles. The lowest BCUT2D eigenvalue weighted by Gasteiger charge is -2.05. The lowest BCUT2D eigenvalue weighted by Crippen LogP contribution is -2.28. The van der Waals surface area contributed by atoms with Crippen molar-refractivity contribution in [2.45, 2.75) is 20.3 Å². The van der Waals surface area contributed by atoms with Gasteiger partial charge >= 0.3 is 0 Å². The molecule has 0 heterocycles. The Labute approximate surface area is 67.0 Å². The summed E-state index contributed by atoms with van der Waals surface area (Å²) in [6.07, 6.45) is 0.560. The van der Waals surface area contributed by atoms with Gasteiger partial charge in [-0.3, -0.25) is 4.79 Å². The fourth-order valence-corrected chi connectivity index (χ4v) is 0.692. The Morgan fingerprint density at radius 3 is 2.73 bits per heavy atom. The molecular formula is C7H16N2O2. The van der Waals surface area contributed by atoms with Gasteiger partial charge in [-0.15, -0.1) is 0 Å². The average Bonchev–Trinajstić information content (AvgIpc) is 1.86. The number of carbonyl (C=O) groups excluding carboxylic acids is 1. The third-order valence-corrected chi connectivity index (χ3v) is 1.14. The van der Waals surface area contributed by atoms with Gasteiger partial charge in [-0.25, -0.2) is 5.90 Å². The molecular weight excluding hydrogens is 144 g/mol. The molecule has 0 aliphatic carbocycles. The molecule has 0 radical (unpaired) electrons. The van der Waals surface area contributed by atoms with E-state index in [0.717, 1.165) is 0 Å². The minimum atomic E-state index is 0.0528. The highest BCUT2D eigenvalue weighted by atomic mass is 16.6. The predicted octanol–water partition coefficient (Wildman–Crippen LogP) is 0.0390. The first-order valence-electron chi connectivity index (χ1n) is 3.75. The second-order valence-electron chi connectivity index (χ2n) is 2.82. The number of rotatable bonds is 5. The van der Waals surface area contributed by atoms with Gasteiger partial charge < -0.3 is 10.2 Å². The standard InChI is InChI=1S/C7H16N2O2/c1-6(2)5-7(10)9-3-4-11-8/h6H,3-5,8H2,1-2H3,(H,9,10). The summed E-state index contributed by atoms with van der Waals surface area (Å²) in [5.74, 6) is 5.21. The molecule has 66 valence electrons. The summed E-state index contributed by atoms with van der Waals surface area (Å²) in [4.78, 5) is 15.2. The highest BCUT2D eigenvalue weighted by Crippen LogP contribution is 1.97. The van der Waals surface area contributed by atoms with Crippen LogP contribution in [-0.2, 0) is 9.63 Å². The minimum absolute atomic E-state index is 0.0528. The average molecular weight is 160 g/mol. The van der Waals surface area contributed by atoms with E-state index in [0.29, 0.717) is 25.5 Å². The Morgan fingerprint density at radius 2 is 2.27 bits per heavy atom. The van der Waals surface area contributed by atoms with E-state index in [1.54, 1.807) is 0 Å². The minimum Gasteiger partial charge on any atom is -0.354 e. The number of hydrogen-bond donors (Lipinski definition) is 2. The van der Waals surface area contributed by atoms with Crippen LogP contribution in [0.15, 0.2) is 0 Å². The smallest absolute Gasteiger partial charge is 0.220 e. The van der Waals surface area contributed by atoms with Crippen molar-refractivity contribution in [1.82, 2.24) is 5.32 Å². The summed E-state index contributed by atoms with van der Waals surface area (Å²) in [5, 5.41) is 2.67. The van der Waals surface area contributed by atoms with Gasteiger partial charge in [-0.05, 0) is 5.92 Å². The first-order chi connectivity index (χ1) is 5.16. The van der Waals surface area contributed by atoms with E-state index < -0.39 is 0 Å². The largest absolute Gasteiger partial charge is 0.354 e. The van der Waals surface area contributed by atoms with Crippen molar-refractivity contribution in [3.05, 3.63) is 0 Å². The molecule has 0 saturated carbocycles. The van der Waals surface area contributed by atoms with Crippen molar-refractivity contribution in [3.8, 4) is 0 Å². The Balaban J connectivity index is 3.23. The monoisotopic (exact) mass is 160 g/mol. The van der Waals surface area contributed by atoms with E-state index in [2.05, 4.69) is 10.2 Å². The molecule has 0 aromatic carbocycles. The van der Waals surface area contributed by atoms with E-state index in [1.807, 2.05) is 13.8 Å². The normalized spacial score (nSPS) is 10.2. The Hall–Kier alpha value is -0.610. The molecule has 0 spiro atoms. The molecule has 0 bridgehead atoms. The lowest BCUT2D eigenvalue weighted by atomic mass is 10.1. The maximum Gasteiger partial charge on any atom is 0.220 e. The summed E-state index contributed by atoms with van der Waals surface area (Å²) in [6.45, 7) is 4.85. The van der Waals surface area contributed by atoms with Crippen LogP contribution >= 0.6 is 0 Å². The fraction of sp³-hybridized carbons (Fsp3) is 0.857. The van der Waals surface area contributed by atoms with Crippen LogP contribution in [0.1, 0.15) is 20.3 Å².